The minimum atomic E-state index is -3.57. The van der Waals surface area contributed by atoms with Gasteiger partial charge in [-0.25, -0.2) is 13.4 Å². The Balaban J connectivity index is 1.99. The molecule has 2 bridgehead atoms. The molecule has 0 spiro atoms. The van der Waals surface area contributed by atoms with E-state index in [0.29, 0.717) is 4.90 Å². The summed E-state index contributed by atoms with van der Waals surface area (Å²) >= 11 is 0. The molecule has 1 aromatic rings. The Morgan fingerprint density at radius 1 is 1.25 bits per heavy atom. The number of hydrogen-bond donors (Lipinski definition) is 1. The summed E-state index contributed by atoms with van der Waals surface area (Å²) in [6.07, 6.45) is 4.09. The zero-order valence-electron chi connectivity index (χ0n) is 15.1. The number of hydrazine groups is 1. The predicted octanol–water partition coefficient (Wildman–Crippen LogP) is 3.62. The van der Waals surface area contributed by atoms with Crippen LogP contribution in [0.4, 0.5) is 0 Å². The number of sulfonamides is 1. The second-order valence-electron chi connectivity index (χ2n) is 8.24. The van der Waals surface area contributed by atoms with Gasteiger partial charge in [0.15, 0.2) is 0 Å². The SMILES string of the molecule is C=C1CC2CCCC1([Si](C)(C)C)N2NS(=O)(=O)c1ccc(C)cc1. The summed E-state index contributed by atoms with van der Waals surface area (Å²) < 4.78 is 25.9. The maximum absolute atomic E-state index is 12.9. The van der Waals surface area contributed by atoms with Crippen LogP contribution in [0.3, 0.4) is 0 Å². The monoisotopic (exact) mass is 364 g/mol. The minimum absolute atomic E-state index is 0.173. The number of rotatable bonds is 4. The highest BCUT2D eigenvalue weighted by molar-refractivity contribution is 7.89. The van der Waals surface area contributed by atoms with Crippen LogP contribution in [0.25, 0.3) is 0 Å². The summed E-state index contributed by atoms with van der Waals surface area (Å²) in [7, 11) is -5.27. The molecule has 0 amide bonds. The van der Waals surface area contributed by atoms with Crippen molar-refractivity contribution in [2.24, 2.45) is 0 Å². The Labute approximate surface area is 147 Å². The lowest BCUT2D eigenvalue weighted by atomic mass is 10.0. The molecule has 2 fully saturated rings. The highest BCUT2D eigenvalue weighted by Gasteiger charge is 2.59. The van der Waals surface area contributed by atoms with Crippen LogP contribution in [0.5, 0.6) is 0 Å². The van der Waals surface area contributed by atoms with E-state index in [1.165, 1.54) is 5.57 Å². The van der Waals surface area contributed by atoms with Crippen LogP contribution in [0.15, 0.2) is 41.3 Å². The molecule has 2 unspecified atom stereocenters. The first-order valence-electron chi connectivity index (χ1n) is 8.65. The predicted molar refractivity (Wildman–Crippen MR) is 101 cm³/mol. The van der Waals surface area contributed by atoms with Gasteiger partial charge in [-0.05, 0) is 44.7 Å². The fourth-order valence-electron chi connectivity index (χ4n) is 4.47. The number of benzene rings is 1. The molecule has 0 saturated carbocycles. The van der Waals surface area contributed by atoms with Gasteiger partial charge in [-0.15, -0.1) is 4.83 Å². The third-order valence-electron chi connectivity index (χ3n) is 5.71. The molecule has 0 aromatic heterocycles. The number of hydrogen-bond acceptors (Lipinski definition) is 3. The van der Waals surface area contributed by atoms with Crippen LogP contribution in [0, 0.1) is 6.92 Å². The highest BCUT2D eigenvalue weighted by atomic mass is 32.2. The Kier molecular flexibility index (Phi) is 4.31. The summed E-state index contributed by atoms with van der Waals surface area (Å²) in [4.78, 5) is 3.28. The molecule has 0 radical (unpaired) electrons. The van der Waals surface area contributed by atoms with Crippen molar-refractivity contribution in [3.8, 4) is 0 Å². The molecule has 2 aliphatic heterocycles. The molecule has 2 atom stereocenters. The van der Waals surface area contributed by atoms with Crippen molar-refractivity contribution in [3.05, 3.63) is 42.0 Å². The molecule has 2 aliphatic rings. The van der Waals surface area contributed by atoms with Crippen LogP contribution >= 0.6 is 0 Å². The van der Waals surface area contributed by atoms with Crippen LogP contribution < -0.4 is 4.83 Å². The third-order valence-corrected chi connectivity index (χ3v) is 10.4. The van der Waals surface area contributed by atoms with E-state index in [-0.39, 0.29) is 11.2 Å². The fourth-order valence-corrected chi connectivity index (χ4v) is 8.76. The van der Waals surface area contributed by atoms with Crippen LogP contribution in [0.2, 0.25) is 19.6 Å². The molecule has 3 rings (SSSR count). The molecular weight excluding hydrogens is 336 g/mol. The van der Waals surface area contributed by atoms with Gasteiger partial charge in [0.25, 0.3) is 10.0 Å². The van der Waals surface area contributed by atoms with Crippen molar-refractivity contribution >= 4 is 18.1 Å². The standard InChI is InChI=1S/C18H28N2O2SSi/c1-14-8-10-17(11-9-14)23(21,22)19-20-16-7-6-12-18(20,15(2)13-16)24(3,4)5/h8-11,16,19H,2,6-7,12-13H2,1,3-5H3. The zero-order chi connectivity index (χ0) is 17.8. The number of nitrogens with one attached hydrogen (secondary N) is 1. The van der Waals surface area contributed by atoms with Crippen molar-refractivity contribution < 1.29 is 8.42 Å². The second-order valence-corrected chi connectivity index (χ2v) is 15.2. The molecule has 132 valence electrons. The van der Waals surface area contributed by atoms with Gasteiger partial charge < -0.3 is 0 Å². The van der Waals surface area contributed by atoms with Crippen LogP contribution in [-0.4, -0.2) is 32.7 Å². The minimum Gasteiger partial charge on any atom is -0.220 e. The molecule has 4 nitrogen and oxygen atoms in total. The number of fused-ring (bicyclic) bond motifs is 2. The zero-order valence-corrected chi connectivity index (χ0v) is 16.9. The summed E-state index contributed by atoms with van der Waals surface area (Å²) in [5.74, 6) is 0. The van der Waals surface area contributed by atoms with Gasteiger partial charge in [0.05, 0.1) is 13.0 Å². The third kappa shape index (κ3) is 2.69. The first-order chi connectivity index (χ1) is 11.1. The maximum atomic E-state index is 12.9. The lowest BCUT2D eigenvalue weighted by molar-refractivity contribution is 0.0892. The summed E-state index contributed by atoms with van der Waals surface area (Å²) in [6.45, 7) is 13.3. The first kappa shape index (κ1) is 17.9. The van der Waals surface area contributed by atoms with E-state index in [1.54, 1.807) is 12.1 Å². The van der Waals surface area contributed by atoms with Crippen LogP contribution in [0.1, 0.15) is 31.2 Å². The Morgan fingerprint density at radius 3 is 2.46 bits per heavy atom. The number of nitrogens with zero attached hydrogens (tertiary/aromatic N) is 1. The molecule has 2 saturated heterocycles. The average Bonchev–Trinajstić information content (AvgIpc) is 2.63. The first-order valence-corrected chi connectivity index (χ1v) is 13.6. The van der Waals surface area contributed by atoms with Gasteiger partial charge in [-0.3, -0.25) is 0 Å². The summed E-state index contributed by atoms with van der Waals surface area (Å²) in [5, 5.41) is 1.90. The normalized spacial score (nSPS) is 28.3. The van der Waals surface area contributed by atoms with E-state index in [9.17, 15) is 8.42 Å². The van der Waals surface area contributed by atoms with Gasteiger partial charge in [-0.1, -0.05) is 49.5 Å². The Hall–Kier alpha value is -0.953. The Morgan fingerprint density at radius 2 is 1.88 bits per heavy atom. The van der Waals surface area contributed by atoms with Crippen molar-refractivity contribution in [2.75, 3.05) is 0 Å². The summed E-state index contributed by atoms with van der Waals surface area (Å²) in [6, 6.07) is 7.27. The number of piperidine rings is 1. The van der Waals surface area contributed by atoms with E-state index in [4.69, 9.17) is 0 Å². The molecule has 6 heteroatoms. The van der Waals surface area contributed by atoms with Gasteiger partial charge in [0, 0.05) is 11.2 Å². The summed E-state index contributed by atoms with van der Waals surface area (Å²) in [5.41, 5.74) is 2.27. The smallest absolute Gasteiger partial charge is 0.220 e. The average molecular weight is 365 g/mol. The van der Waals surface area contributed by atoms with Gasteiger partial charge >= 0.3 is 0 Å². The van der Waals surface area contributed by atoms with Crippen LogP contribution in [-0.2, 0) is 10.0 Å². The largest absolute Gasteiger partial charge is 0.253 e. The maximum Gasteiger partial charge on any atom is 0.253 e. The molecule has 0 aliphatic carbocycles. The van der Waals surface area contributed by atoms with Gasteiger partial charge in [0.2, 0.25) is 0 Å². The fraction of sp³-hybridized carbons (Fsp3) is 0.556. The second kappa shape index (κ2) is 5.80. The number of aryl methyl sites for hydroxylation is 1. The molecular formula is C18H28N2O2SSi. The highest BCUT2D eigenvalue weighted by Crippen LogP contribution is 2.50. The van der Waals surface area contributed by atoms with Crippen molar-refractivity contribution in [1.29, 1.82) is 0 Å². The van der Waals surface area contributed by atoms with E-state index in [0.717, 1.165) is 31.2 Å². The molecule has 24 heavy (non-hydrogen) atoms. The topological polar surface area (TPSA) is 49.4 Å². The quantitative estimate of drug-likeness (QED) is 0.656. The van der Waals surface area contributed by atoms with E-state index in [2.05, 4.69) is 36.1 Å². The molecule has 1 aromatic carbocycles. The molecule has 1 N–H and O–H groups in total. The Bertz CT molecular complexity index is 752. The van der Waals surface area contributed by atoms with Gasteiger partial charge in [-0.2, -0.15) is 0 Å². The lowest BCUT2D eigenvalue weighted by Gasteiger charge is -2.51. The van der Waals surface area contributed by atoms with Gasteiger partial charge in [0.1, 0.15) is 0 Å². The van der Waals surface area contributed by atoms with E-state index >= 15 is 0 Å². The van der Waals surface area contributed by atoms with Crippen molar-refractivity contribution in [3.63, 3.8) is 0 Å². The van der Waals surface area contributed by atoms with E-state index in [1.807, 2.05) is 19.1 Å². The van der Waals surface area contributed by atoms with Crippen molar-refractivity contribution in [2.45, 2.75) is 68.3 Å². The molecule has 2 heterocycles. The lowest BCUT2D eigenvalue weighted by Crippen LogP contribution is -2.68. The van der Waals surface area contributed by atoms with E-state index < -0.39 is 18.1 Å². The van der Waals surface area contributed by atoms with Crippen molar-refractivity contribution in [1.82, 2.24) is 9.84 Å².